The summed E-state index contributed by atoms with van der Waals surface area (Å²) in [5.41, 5.74) is 6.52. The first kappa shape index (κ1) is 18.6. The minimum absolute atomic E-state index is 0.0212. The Bertz CT molecular complexity index is 930. The van der Waals surface area contributed by atoms with Crippen molar-refractivity contribution in [2.45, 2.75) is 20.4 Å². The predicted octanol–water partition coefficient (Wildman–Crippen LogP) is 3.43. The van der Waals surface area contributed by atoms with Crippen LogP contribution in [0.3, 0.4) is 0 Å². The van der Waals surface area contributed by atoms with Crippen LogP contribution in [0.15, 0.2) is 43.0 Å². The molecule has 0 aliphatic rings. The molecule has 0 saturated heterocycles. The first-order chi connectivity index (χ1) is 12.9. The molecule has 6 heteroatoms. The van der Waals surface area contributed by atoms with Gasteiger partial charge in [-0.3, -0.25) is 9.78 Å². The van der Waals surface area contributed by atoms with Gasteiger partial charge in [-0.25, -0.2) is 4.98 Å². The molecule has 1 N–H and O–H groups in total. The van der Waals surface area contributed by atoms with Crippen LogP contribution in [0.1, 0.15) is 27.3 Å². The minimum atomic E-state index is -0.0212. The lowest BCUT2D eigenvalue weighted by Gasteiger charge is -2.23. The van der Waals surface area contributed by atoms with Crippen molar-refractivity contribution >= 4 is 11.6 Å². The van der Waals surface area contributed by atoms with Crippen LogP contribution in [0, 0.1) is 13.8 Å². The molecule has 0 aliphatic heterocycles. The third-order valence-corrected chi connectivity index (χ3v) is 4.65. The van der Waals surface area contributed by atoms with E-state index in [1.54, 1.807) is 24.5 Å². The molecule has 140 valence electrons. The smallest absolute Gasteiger partial charge is 0.254 e. The number of imidazole rings is 1. The van der Waals surface area contributed by atoms with E-state index in [1.165, 1.54) is 0 Å². The number of hydrogen-bond acceptors (Lipinski definition) is 4. The molecule has 3 rings (SSSR count). The van der Waals surface area contributed by atoms with Crippen LogP contribution < -0.4 is 4.90 Å². The summed E-state index contributed by atoms with van der Waals surface area (Å²) in [7, 11) is 5.78. The second kappa shape index (κ2) is 7.61. The number of nitrogens with one attached hydrogen (secondary N) is 1. The predicted molar refractivity (Wildman–Crippen MR) is 108 cm³/mol. The highest BCUT2D eigenvalue weighted by Gasteiger charge is 2.19. The van der Waals surface area contributed by atoms with Gasteiger partial charge in [-0.2, -0.15) is 0 Å². The average Bonchev–Trinajstić information content (AvgIpc) is 3.14. The normalized spacial score (nSPS) is 10.7. The number of aryl methyl sites for hydroxylation is 1. The van der Waals surface area contributed by atoms with Gasteiger partial charge >= 0.3 is 0 Å². The zero-order chi connectivity index (χ0) is 19.6. The fourth-order valence-corrected chi connectivity index (χ4v) is 3.09. The summed E-state index contributed by atoms with van der Waals surface area (Å²) in [6.07, 6.45) is 5.20. The molecular formula is C21H25N5O. The number of aromatic amines is 1. The highest BCUT2D eigenvalue weighted by molar-refractivity contribution is 5.98. The van der Waals surface area contributed by atoms with Crippen molar-refractivity contribution in [3.05, 3.63) is 65.5 Å². The summed E-state index contributed by atoms with van der Waals surface area (Å²) >= 11 is 0. The Labute approximate surface area is 159 Å². The van der Waals surface area contributed by atoms with E-state index in [0.29, 0.717) is 12.1 Å². The summed E-state index contributed by atoms with van der Waals surface area (Å²) in [5.74, 6) is -0.0212. The highest BCUT2D eigenvalue weighted by atomic mass is 16.2. The number of rotatable bonds is 5. The van der Waals surface area contributed by atoms with Gasteiger partial charge in [-0.05, 0) is 43.2 Å². The molecule has 3 aromatic rings. The molecular weight excluding hydrogens is 338 g/mol. The number of benzene rings is 1. The Morgan fingerprint density at radius 2 is 1.85 bits per heavy atom. The van der Waals surface area contributed by atoms with E-state index >= 15 is 0 Å². The molecule has 0 spiro atoms. The number of nitrogens with zero attached hydrogens (tertiary/aromatic N) is 4. The fourth-order valence-electron chi connectivity index (χ4n) is 3.09. The van der Waals surface area contributed by atoms with Gasteiger partial charge < -0.3 is 14.8 Å². The van der Waals surface area contributed by atoms with Gasteiger partial charge in [0.2, 0.25) is 0 Å². The van der Waals surface area contributed by atoms with Gasteiger partial charge in [0.05, 0.1) is 18.6 Å². The maximum atomic E-state index is 13.2. The highest BCUT2D eigenvalue weighted by Crippen LogP contribution is 2.30. The molecule has 0 bridgehead atoms. The summed E-state index contributed by atoms with van der Waals surface area (Å²) in [6.45, 7) is 4.43. The molecule has 0 saturated carbocycles. The van der Waals surface area contributed by atoms with Gasteiger partial charge in [-0.1, -0.05) is 6.07 Å². The van der Waals surface area contributed by atoms with Gasteiger partial charge in [0.25, 0.3) is 5.91 Å². The SMILES string of the molecule is Cc1ccc(-c2cc(C(=O)N(C)Cc3cnc[nH]3)c(C)c(N(C)C)c2)cn1. The molecule has 2 heterocycles. The molecule has 0 unspecified atom stereocenters. The number of pyridine rings is 1. The van der Waals surface area contributed by atoms with Crippen LogP contribution in [0.25, 0.3) is 11.1 Å². The van der Waals surface area contributed by atoms with E-state index in [4.69, 9.17) is 0 Å². The van der Waals surface area contributed by atoms with Gasteiger partial charge in [0.15, 0.2) is 0 Å². The van der Waals surface area contributed by atoms with E-state index in [9.17, 15) is 4.79 Å². The van der Waals surface area contributed by atoms with E-state index in [2.05, 4.69) is 21.0 Å². The van der Waals surface area contributed by atoms with Gasteiger partial charge in [0, 0.05) is 56.0 Å². The van der Waals surface area contributed by atoms with Crippen LogP contribution in [0.4, 0.5) is 5.69 Å². The number of H-pyrrole nitrogens is 1. The Morgan fingerprint density at radius 3 is 2.44 bits per heavy atom. The second-order valence-corrected chi connectivity index (χ2v) is 6.99. The largest absolute Gasteiger partial charge is 0.377 e. The van der Waals surface area contributed by atoms with Crippen LogP contribution in [-0.2, 0) is 6.54 Å². The number of amides is 1. The summed E-state index contributed by atoms with van der Waals surface area (Å²) in [5, 5.41) is 0. The molecule has 0 aliphatic carbocycles. The molecule has 2 aromatic heterocycles. The lowest BCUT2D eigenvalue weighted by atomic mass is 9.97. The Kier molecular flexibility index (Phi) is 5.26. The van der Waals surface area contributed by atoms with Crippen molar-refractivity contribution in [1.82, 2.24) is 19.9 Å². The zero-order valence-electron chi connectivity index (χ0n) is 16.4. The molecule has 1 aromatic carbocycles. The molecule has 6 nitrogen and oxygen atoms in total. The number of hydrogen-bond donors (Lipinski definition) is 1. The van der Waals surface area contributed by atoms with Crippen molar-refractivity contribution in [2.24, 2.45) is 0 Å². The Hall–Kier alpha value is -3.15. The zero-order valence-corrected chi connectivity index (χ0v) is 16.4. The van der Waals surface area contributed by atoms with Gasteiger partial charge in [-0.15, -0.1) is 0 Å². The topological polar surface area (TPSA) is 65.1 Å². The number of anilines is 1. The maximum absolute atomic E-state index is 13.2. The summed E-state index contributed by atoms with van der Waals surface area (Å²) in [4.78, 5) is 28.3. The summed E-state index contributed by atoms with van der Waals surface area (Å²) < 4.78 is 0. The lowest BCUT2D eigenvalue weighted by molar-refractivity contribution is 0.0783. The quantitative estimate of drug-likeness (QED) is 0.754. The Balaban J connectivity index is 2.02. The molecule has 1 amide bonds. The van der Waals surface area contributed by atoms with Crippen LogP contribution in [0.2, 0.25) is 0 Å². The first-order valence-electron chi connectivity index (χ1n) is 8.84. The van der Waals surface area contributed by atoms with E-state index in [0.717, 1.165) is 33.8 Å². The van der Waals surface area contributed by atoms with Gasteiger partial charge in [0.1, 0.15) is 0 Å². The minimum Gasteiger partial charge on any atom is -0.377 e. The van der Waals surface area contributed by atoms with Crippen molar-refractivity contribution in [3.8, 4) is 11.1 Å². The van der Waals surface area contributed by atoms with E-state index in [-0.39, 0.29) is 5.91 Å². The fraction of sp³-hybridized carbons (Fsp3) is 0.286. The lowest BCUT2D eigenvalue weighted by Crippen LogP contribution is -2.27. The maximum Gasteiger partial charge on any atom is 0.254 e. The number of carbonyl (C=O) groups is 1. The van der Waals surface area contributed by atoms with Crippen LogP contribution in [-0.4, -0.2) is 46.9 Å². The van der Waals surface area contributed by atoms with Crippen molar-refractivity contribution in [1.29, 1.82) is 0 Å². The number of aromatic nitrogens is 3. The first-order valence-corrected chi connectivity index (χ1v) is 8.84. The Morgan fingerprint density at radius 1 is 1.07 bits per heavy atom. The van der Waals surface area contributed by atoms with Crippen molar-refractivity contribution in [3.63, 3.8) is 0 Å². The third-order valence-electron chi connectivity index (χ3n) is 4.65. The molecule has 0 fully saturated rings. The molecule has 27 heavy (non-hydrogen) atoms. The van der Waals surface area contributed by atoms with Crippen molar-refractivity contribution < 1.29 is 4.79 Å². The third kappa shape index (κ3) is 4.00. The van der Waals surface area contributed by atoms with Crippen molar-refractivity contribution in [2.75, 3.05) is 26.0 Å². The molecule has 0 atom stereocenters. The van der Waals surface area contributed by atoms with E-state index in [1.807, 2.05) is 57.2 Å². The van der Waals surface area contributed by atoms with Crippen LogP contribution in [0.5, 0.6) is 0 Å². The molecule has 0 radical (unpaired) electrons. The average molecular weight is 363 g/mol. The summed E-state index contributed by atoms with van der Waals surface area (Å²) in [6, 6.07) is 8.08. The monoisotopic (exact) mass is 363 g/mol. The second-order valence-electron chi connectivity index (χ2n) is 6.99. The number of carbonyl (C=O) groups excluding carboxylic acids is 1. The van der Waals surface area contributed by atoms with Crippen LogP contribution >= 0.6 is 0 Å². The standard InChI is InChI=1S/C21H25N5O/c1-14-6-7-16(10-23-14)17-8-19(15(2)20(9-17)25(3)4)21(27)26(5)12-18-11-22-13-24-18/h6-11,13H,12H2,1-5H3,(H,22,24). The van der Waals surface area contributed by atoms with E-state index < -0.39 is 0 Å².